The molecule has 0 aliphatic rings. The van der Waals surface area contributed by atoms with Gasteiger partial charge in [0.15, 0.2) is 0 Å². The zero-order valence-electron chi connectivity index (χ0n) is 11.1. The molecular formula is C15H14ClN3OS. The number of hydrogen-bond donors (Lipinski definition) is 3. The Hall–Kier alpha value is -2.11. The first-order valence-electron chi connectivity index (χ1n) is 6.24. The molecule has 2 amide bonds. The molecule has 0 radical (unpaired) electrons. The van der Waals surface area contributed by atoms with Crippen LogP contribution in [-0.4, -0.2) is 11.0 Å². The highest BCUT2D eigenvalue weighted by molar-refractivity contribution is 7.80. The Labute approximate surface area is 133 Å². The lowest BCUT2D eigenvalue weighted by atomic mass is 10.1. The van der Waals surface area contributed by atoms with Gasteiger partial charge in [-0.2, -0.15) is 0 Å². The number of urea groups is 1. The van der Waals surface area contributed by atoms with Gasteiger partial charge in [0.05, 0.1) is 4.99 Å². The minimum absolute atomic E-state index is 0.334. The van der Waals surface area contributed by atoms with Crippen LogP contribution in [0.5, 0.6) is 0 Å². The molecule has 0 heterocycles. The Kier molecular flexibility index (Phi) is 5.14. The van der Waals surface area contributed by atoms with Crippen molar-refractivity contribution >= 4 is 46.2 Å². The van der Waals surface area contributed by atoms with E-state index in [1.54, 1.807) is 36.4 Å². The van der Waals surface area contributed by atoms with Gasteiger partial charge in [-0.25, -0.2) is 4.79 Å². The van der Waals surface area contributed by atoms with Crippen molar-refractivity contribution in [3.8, 4) is 0 Å². The molecule has 0 saturated heterocycles. The summed E-state index contributed by atoms with van der Waals surface area (Å²) in [5.74, 6) is 0. The molecule has 2 rings (SSSR count). The van der Waals surface area contributed by atoms with Crippen LogP contribution in [0.1, 0.15) is 5.56 Å². The smallest absolute Gasteiger partial charge is 0.323 e. The second kappa shape index (κ2) is 7.06. The number of benzene rings is 2. The molecule has 0 bridgehead atoms. The lowest BCUT2D eigenvalue weighted by Crippen LogP contribution is -2.19. The van der Waals surface area contributed by atoms with E-state index in [9.17, 15) is 4.79 Å². The highest BCUT2D eigenvalue weighted by atomic mass is 35.5. The molecule has 0 saturated carbocycles. The quantitative estimate of drug-likeness (QED) is 0.751. The maximum absolute atomic E-state index is 11.8. The van der Waals surface area contributed by atoms with Gasteiger partial charge in [-0.15, -0.1) is 0 Å². The normalized spacial score (nSPS) is 9.95. The Bertz CT molecular complexity index is 658. The van der Waals surface area contributed by atoms with Crippen LogP contribution in [-0.2, 0) is 6.42 Å². The molecule has 0 atom stereocenters. The summed E-state index contributed by atoms with van der Waals surface area (Å²) in [5.41, 5.74) is 7.80. The Morgan fingerprint density at radius 3 is 2.38 bits per heavy atom. The van der Waals surface area contributed by atoms with Crippen molar-refractivity contribution in [2.24, 2.45) is 5.73 Å². The molecule has 0 aliphatic heterocycles. The fourth-order valence-electron chi connectivity index (χ4n) is 1.77. The first-order valence-corrected chi connectivity index (χ1v) is 7.02. The molecule has 6 heteroatoms. The number of carbonyl (C=O) groups is 1. The van der Waals surface area contributed by atoms with Gasteiger partial charge in [0.1, 0.15) is 0 Å². The maximum Gasteiger partial charge on any atom is 0.323 e. The van der Waals surface area contributed by atoms with Crippen molar-refractivity contribution in [1.82, 2.24) is 0 Å². The summed E-state index contributed by atoms with van der Waals surface area (Å²) in [6.45, 7) is 0. The Morgan fingerprint density at radius 2 is 1.76 bits per heavy atom. The van der Waals surface area contributed by atoms with E-state index >= 15 is 0 Å². The summed E-state index contributed by atoms with van der Waals surface area (Å²) < 4.78 is 0. The monoisotopic (exact) mass is 319 g/mol. The van der Waals surface area contributed by atoms with Gasteiger partial charge < -0.3 is 16.4 Å². The summed E-state index contributed by atoms with van der Waals surface area (Å²) in [6.07, 6.45) is 0.546. The Morgan fingerprint density at radius 1 is 1.10 bits per heavy atom. The van der Waals surface area contributed by atoms with Crippen molar-refractivity contribution in [2.45, 2.75) is 6.42 Å². The fourth-order valence-corrected chi connectivity index (χ4v) is 2.12. The van der Waals surface area contributed by atoms with Gasteiger partial charge in [0, 0.05) is 22.8 Å². The van der Waals surface area contributed by atoms with E-state index in [0.717, 1.165) is 5.56 Å². The van der Waals surface area contributed by atoms with Gasteiger partial charge >= 0.3 is 6.03 Å². The molecule has 21 heavy (non-hydrogen) atoms. The number of nitrogens with one attached hydrogen (secondary N) is 2. The van der Waals surface area contributed by atoms with Crippen molar-refractivity contribution in [2.75, 3.05) is 10.6 Å². The largest absolute Gasteiger partial charge is 0.393 e. The van der Waals surface area contributed by atoms with Gasteiger partial charge in [0.2, 0.25) is 0 Å². The zero-order chi connectivity index (χ0) is 15.2. The van der Waals surface area contributed by atoms with Crippen LogP contribution in [0, 0.1) is 0 Å². The molecule has 2 aromatic carbocycles. The number of hydrogen-bond acceptors (Lipinski definition) is 2. The SMILES string of the molecule is NC(=S)Cc1ccc(NC(=O)Nc2cccc(Cl)c2)cc1. The summed E-state index contributed by atoms with van der Waals surface area (Å²) >= 11 is 10.7. The van der Waals surface area contributed by atoms with Gasteiger partial charge in [-0.3, -0.25) is 0 Å². The predicted octanol–water partition coefficient (Wildman–Crippen LogP) is 3.81. The number of carbonyl (C=O) groups excluding carboxylic acids is 1. The summed E-state index contributed by atoms with van der Waals surface area (Å²) in [6, 6.07) is 13.9. The van der Waals surface area contributed by atoms with Crippen LogP contribution >= 0.6 is 23.8 Å². The molecule has 4 nitrogen and oxygen atoms in total. The Balaban J connectivity index is 1.95. The summed E-state index contributed by atoms with van der Waals surface area (Å²) in [7, 11) is 0. The minimum atomic E-state index is -0.334. The van der Waals surface area contributed by atoms with Gasteiger partial charge in [0.25, 0.3) is 0 Å². The topological polar surface area (TPSA) is 67.1 Å². The fraction of sp³-hybridized carbons (Fsp3) is 0.0667. The van der Waals surface area contributed by atoms with E-state index in [-0.39, 0.29) is 6.03 Å². The average Bonchev–Trinajstić information content (AvgIpc) is 2.40. The number of rotatable bonds is 4. The molecule has 4 N–H and O–H groups in total. The number of amides is 2. The molecule has 2 aromatic rings. The highest BCUT2D eigenvalue weighted by Gasteiger charge is 2.03. The van der Waals surface area contributed by atoms with E-state index < -0.39 is 0 Å². The van der Waals surface area contributed by atoms with Crippen LogP contribution in [0.2, 0.25) is 5.02 Å². The molecule has 108 valence electrons. The summed E-state index contributed by atoms with van der Waals surface area (Å²) in [4.78, 5) is 12.3. The van der Waals surface area contributed by atoms with E-state index in [1.165, 1.54) is 0 Å². The lowest BCUT2D eigenvalue weighted by Gasteiger charge is -2.08. The second-order valence-electron chi connectivity index (χ2n) is 4.43. The van der Waals surface area contributed by atoms with Gasteiger partial charge in [-0.1, -0.05) is 42.0 Å². The molecule has 0 aromatic heterocycles. The predicted molar refractivity (Wildman–Crippen MR) is 91.0 cm³/mol. The maximum atomic E-state index is 11.8. The van der Waals surface area contributed by atoms with E-state index in [2.05, 4.69) is 10.6 Å². The zero-order valence-corrected chi connectivity index (χ0v) is 12.7. The first-order chi connectivity index (χ1) is 10.0. The number of anilines is 2. The standard InChI is InChI=1S/C15H14ClN3OS/c16-11-2-1-3-13(9-11)19-15(20)18-12-6-4-10(5-7-12)8-14(17)21/h1-7,9H,8H2,(H2,17,21)(H2,18,19,20). The van der Waals surface area contributed by atoms with Crippen LogP contribution in [0.15, 0.2) is 48.5 Å². The second-order valence-corrected chi connectivity index (χ2v) is 5.39. The van der Waals surface area contributed by atoms with E-state index in [1.807, 2.05) is 12.1 Å². The third-order valence-electron chi connectivity index (χ3n) is 2.67. The third kappa shape index (κ3) is 5.06. The molecule has 0 unspecified atom stereocenters. The van der Waals surface area contributed by atoms with Crippen LogP contribution in [0.3, 0.4) is 0 Å². The molecule has 0 spiro atoms. The van der Waals surface area contributed by atoms with Gasteiger partial charge in [-0.05, 0) is 35.9 Å². The molecular weight excluding hydrogens is 306 g/mol. The minimum Gasteiger partial charge on any atom is -0.393 e. The highest BCUT2D eigenvalue weighted by Crippen LogP contribution is 2.16. The van der Waals surface area contributed by atoms with Crippen molar-refractivity contribution in [3.05, 3.63) is 59.1 Å². The van der Waals surface area contributed by atoms with Crippen LogP contribution in [0.25, 0.3) is 0 Å². The number of halogens is 1. The number of thiocarbonyl (C=S) groups is 1. The van der Waals surface area contributed by atoms with Crippen LogP contribution in [0.4, 0.5) is 16.2 Å². The molecule has 0 fully saturated rings. The lowest BCUT2D eigenvalue weighted by molar-refractivity contribution is 0.262. The van der Waals surface area contributed by atoms with E-state index in [4.69, 9.17) is 29.6 Å². The van der Waals surface area contributed by atoms with E-state index in [0.29, 0.717) is 27.8 Å². The summed E-state index contributed by atoms with van der Waals surface area (Å²) in [5, 5.41) is 6.00. The average molecular weight is 320 g/mol. The molecule has 0 aliphatic carbocycles. The first kappa shape index (κ1) is 15.3. The van der Waals surface area contributed by atoms with Crippen molar-refractivity contribution in [3.63, 3.8) is 0 Å². The number of nitrogens with two attached hydrogens (primary N) is 1. The van der Waals surface area contributed by atoms with Crippen LogP contribution < -0.4 is 16.4 Å². The van der Waals surface area contributed by atoms with Crippen molar-refractivity contribution in [1.29, 1.82) is 0 Å². The third-order valence-corrected chi connectivity index (χ3v) is 3.05. The van der Waals surface area contributed by atoms with Crippen molar-refractivity contribution < 1.29 is 4.79 Å².